The number of carbonyl (C=O) groups is 1. The molecule has 0 aromatic heterocycles. The van der Waals surface area contributed by atoms with Gasteiger partial charge in [0.1, 0.15) is 0 Å². The second kappa shape index (κ2) is 5.49. The molecule has 1 N–H and O–H groups in total. The van der Waals surface area contributed by atoms with E-state index < -0.39 is 0 Å². The zero-order chi connectivity index (χ0) is 14.9. The summed E-state index contributed by atoms with van der Waals surface area (Å²) in [7, 11) is 2.00. The summed E-state index contributed by atoms with van der Waals surface area (Å²) in [6, 6.07) is 14.1. The minimum atomic E-state index is 0.152. The number of piperidine rings is 1. The van der Waals surface area contributed by atoms with Gasteiger partial charge in [0.05, 0.1) is 0 Å². The molecule has 1 aliphatic rings. The van der Waals surface area contributed by atoms with E-state index in [-0.39, 0.29) is 11.4 Å². The van der Waals surface area contributed by atoms with Crippen molar-refractivity contribution in [3.63, 3.8) is 0 Å². The van der Waals surface area contributed by atoms with Gasteiger partial charge in [-0.2, -0.15) is 0 Å². The van der Waals surface area contributed by atoms with Crippen LogP contribution in [0.15, 0.2) is 42.5 Å². The summed E-state index contributed by atoms with van der Waals surface area (Å²) in [6.45, 7) is 3.87. The minimum absolute atomic E-state index is 0.152. The zero-order valence-corrected chi connectivity index (χ0v) is 12.7. The van der Waals surface area contributed by atoms with E-state index in [2.05, 4.69) is 24.4 Å². The number of nitrogens with zero attached hydrogens (tertiary/aromatic N) is 1. The van der Waals surface area contributed by atoms with Gasteiger partial charge in [0.25, 0.3) is 5.91 Å². The quantitative estimate of drug-likeness (QED) is 0.918. The molecule has 1 saturated heterocycles. The first kappa shape index (κ1) is 14.1. The molecular formula is C18H22N2O. The summed E-state index contributed by atoms with van der Waals surface area (Å²) in [4.78, 5) is 14.6. The topological polar surface area (TPSA) is 32.3 Å². The number of fused-ring (bicyclic) bond motifs is 1. The second-order valence-corrected chi connectivity index (χ2v) is 6.16. The average molecular weight is 282 g/mol. The smallest absolute Gasteiger partial charge is 0.253 e. The lowest BCUT2D eigenvalue weighted by molar-refractivity contribution is 0.0662. The van der Waals surface area contributed by atoms with Crippen LogP contribution in [0.3, 0.4) is 0 Å². The van der Waals surface area contributed by atoms with E-state index >= 15 is 0 Å². The van der Waals surface area contributed by atoms with E-state index in [1.807, 2.05) is 42.3 Å². The predicted molar refractivity (Wildman–Crippen MR) is 86.6 cm³/mol. The second-order valence-electron chi connectivity index (χ2n) is 6.16. The van der Waals surface area contributed by atoms with Gasteiger partial charge >= 0.3 is 0 Å². The molecule has 1 aliphatic heterocycles. The van der Waals surface area contributed by atoms with Gasteiger partial charge in [0.2, 0.25) is 0 Å². The van der Waals surface area contributed by atoms with Crippen molar-refractivity contribution in [2.75, 3.05) is 20.1 Å². The van der Waals surface area contributed by atoms with Crippen LogP contribution in [0.25, 0.3) is 10.8 Å². The Hall–Kier alpha value is -1.87. The van der Waals surface area contributed by atoms with Crippen molar-refractivity contribution < 1.29 is 4.79 Å². The normalized spacial score (nSPS) is 17.9. The van der Waals surface area contributed by atoms with Gasteiger partial charge in [-0.05, 0) is 49.7 Å². The summed E-state index contributed by atoms with van der Waals surface area (Å²) >= 11 is 0. The van der Waals surface area contributed by atoms with Gasteiger partial charge in [-0.25, -0.2) is 0 Å². The van der Waals surface area contributed by atoms with Crippen LogP contribution < -0.4 is 5.32 Å². The van der Waals surface area contributed by atoms with Gasteiger partial charge in [-0.1, -0.05) is 30.3 Å². The molecule has 1 amide bonds. The molecule has 0 bridgehead atoms. The molecule has 0 saturated carbocycles. The average Bonchev–Trinajstić information content (AvgIpc) is 2.54. The monoisotopic (exact) mass is 282 g/mol. The number of amides is 1. The van der Waals surface area contributed by atoms with Crippen LogP contribution in [0.4, 0.5) is 0 Å². The van der Waals surface area contributed by atoms with Crippen LogP contribution in [0, 0.1) is 0 Å². The lowest BCUT2D eigenvalue weighted by Gasteiger charge is -2.39. The molecule has 0 radical (unpaired) electrons. The van der Waals surface area contributed by atoms with E-state index in [0.29, 0.717) is 0 Å². The summed E-state index contributed by atoms with van der Waals surface area (Å²) in [5.74, 6) is 0.152. The molecule has 110 valence electrons. The Labute approximate surface area is 125 Å². The highest BCUT2D eigenvalue weighted by molar-refractivity contribution is 5.98. The van der Waals surface area contributed by atoms with Gasteiger partial charge < -0.3 is 10.2 Å². The molecule has 2 aromatic rings. The predicted octanol–water partition coefficient (Wildman–Crippen LogP) is 3.05. The Kier molecular flexibility index (Phi) is 3.68. The summed E-state index contributed by atoms with van der Waals surface area (Å²) in [5, 5.41) is 5.67. The largest absolute Gasteiger partial charge is 0.339 e. The Morgan fingerprint density at radius 3 is 2.43 bits per heavy atom. The molecule has 3 heteroatoms. The summed E-state index contributed by atoms with van der Waals surface area (Å²) in [6.07, 6.45) is 2.01. The summed E-state index contributed by atoms with van der Waals surface area (Å²) < 4.78 is 0. The first-order valence-electron chi connectivity index (χ1n) is 7.58. The van der Waals surface area contributed by atoms with Crippen LogP contribution in [-0.2, 0) is 0 Å². The van der Waals surface area contributed by atoms with Gasteiger partial charge in [-0.3, -0.25) is 4.79 Å². The van der Waals surface area contributed by atoms with Crippen molar-refractivity contribution in [3.8, 4) is 0 Å². The van der Waals surface area contributed by atoms with E-state index in [1.165, 1.54) is 5.39 Å². The molecular weight excluding hydrogens is 260 g/mol. The number of hydrogen-bond acceptors (Lipinski definition) is 2. The van der Waals surface area contributed by atoms with Gasteiger partial charge in [0, 0.05) is 24.2 Å². The lowest BCUT2D eigenvalue weighted by atomic mass is 9.89. The Balaban J connectivity index is 1.78. The molecule has 1 fully saturated rings. The maximum Gasteiger partial charge on any atom is 0.253 e. The van der Waals surface area contributed by atoms with Crippen LogP contribution in [0.1, 0.15) is 30.1 Å². The standard InChI is InChI=1S/C18H22N2O/c1-18(19-2)9-11-20(12-10-18)17(21)16-8-7-14-5-3-4-6-15(14)13-16/h3-8,13,19H,9-12H2,1-2H3. The van der Waals surface area contributed by atoms with E-state index in [4.69, 9.17) is 0 Å². The molecule has 3 rings (SSSR count). The first-order chi connectivity index (χ1) is 10.1. The van der Waals surface area contributed by atoms with Crippen LogP contribution in [0.2, 0.25) is 0 Å². The van der Waals surface area contributed by atoms with Crippen molar-refractivity contribution in [1.82, 2.24) is 10.2 Å². The number of benzene rings is 2. The van der Waals surface area contributed by atoms with Crippen molar-refractivity contribution >= 4 is 16.7 Å². The van der Waals surface area contributed by atoms with Crippen molar-refractivity contribution in [2.24, 2.45) is 0 Å². The number of nitrogens with one attached hydrogen (secondary N) is 1. The number of carbonyl (C=O) groups excluding carboxylic acids is 1. The SMILES string of the molecule is CNC1(C)CCN(C(=O)c2ccc3ccccc3c2)CC1. The van der Waals surface area contributed by atoms with Gasteiger partial charge in [-0.15, -0.1) is 0 Å². The molecule has 3 nitrogen and oxygen atoms in total. The Morgan fingerprint density at radius 2 is 1.76 bits per heavy atom. The van der Waals surface area contributed by atoms with E-state index in [9.17, 15) is 4.79 Å². The van der Waals surface area contributed by atoms with E-state index in [0.717, 1.165) is 36.9 Å². The highest BCUT2D eigenvalue weighted by Crippen LogP contribution is 2.23. The molecule has 0 unspecified atom stereocenters. The Bertz CT molecular complexity index is 657. The zero-order valence-electron chi connectivity index (χ0n) is 12.7. The minimum Gasteiger partial charge on any atom is -0.339 e. The lowest BCUT2D eigenvalue weighted by Crippen LogP contribution is -2.51. The van der Waals surface area contributed by atoms with Gasteiger partial charge in [0.15, 0.2) is 0 Å². The maximum absolute atomic E-state index is 12.6. The van der Waals surface area contributed by atoms with Crippen LogP contribution in [-0.4, -0.2) is 36.5 Å². The molecule has 1 heterocycles. The highest BCUT2D eigenvalue weighted by atomic mass is 16.2. The number of hydrogen-bond donors (Lipinski definition) is 1. The third-order valence-corrected chi connectivity index (χ3v) is 4.75. The fourth-order valence-electron chi connectivity index (χ4n) is 2.96. The Morgan fingerprint density at radius 1 is 1.10 bits per heavy atom. The molecule has 0 aliphatic carbocycles. The van der Waals surface area contributed by atoms with Crippen molar-refractivity contribution in [3.05, 3.63) is 48.0 Å². The first-order valence-corrected chi connectivity index (χ1v) is 7.58. The fraction of sp³-hybridized carbons (Fsp3) is 0.389. The fourth-order valence-corrected chi connectivity index (χ4v) is 2.96. The maximum atomic E-state index is 12.6. The third kappa shape index (κ3) is 2.79. The molecule has 0 atom stereocenters. The number of likely N-dealkylation sites (tertiary alicyclic amines) is 1. The summed E-state index contributed by atoms with van der Waals surface area (Å²) in [5.41, 5.74) is 0.960. The van der Waals surface area contributed by atoms with Crippen LogP contribution in [0.5, 0.6) is 0 Å². The third-order valence-electron chi connectivity index (χ3n) is 4.75. The van der Waals surface area contributed by atoms with Crippen LogP contribution >= 0.6 is 0 Å². The molecule has 21 heavy (non-hydrogen) atoms. The van der Waals surface area contributed by atoms with Crippen molar-refractivity contribution in [1.29, 1.82) is 0 Å². The molecule has 0 spiro atoms. The van der Waals surface area contributed by atoms with E-state index in [1.54, 1.807) is 0 Å². The highest BCUT2D eigenvalue weighted by Gasteiger charge is 2.30. The molecule has 2 aromatic carbocycles. The van der Waals surface area contributed by atoms with Crippen molar-refractivity contribution in [2.45, 2.75) is 25.3 Å². The number of rotatable bonds is 2.